The lowest BCUT2D eigenvalue weighted by Gasteiger charge is -2.43. The molecule has 0 fully saturated rings. The molecule has 0 atom stereocenters. The van der Waals surface area contributed by atoms with E-state index in [1.54, 1.807) is 0 Å². The molecule has 8 heteroatoms. The highest BCUT2D eigenvalue weighted by molar-refractivity contribution is 6.99. The van der Waals surface area contributed by atoms with Gasteiger partial charge in [-0.25, -0.2) is 0 Å². The third-order valence-corrected chi connectivity index (χ3v) is 10.6. The van der Waals surface area contributed by atoms with Gasteiger partial charge in [0.25, 0.3) is 14.2 Å². The average Bonchev–Trinajstić information content (AvgIpc) is 2.79. The van der Waals surface area contributed by atoms with Gasteiger partial charge in [-0.3, -0.25) is 14.9 Å². The number of halogens is 1. The summed E-state index contributed by atoms with van der Waals surface area (Å²) < 4.78 is 21.0. The second kappa shape index (κ2) is 10.1. The van der Waals surface area contributed by atoms with Crippen LogP contribution in [-0.2, 0) is 4.43 Å². The maximum atomic E-state index is 14.3. The van der Waals surface area contributed by atoms with Crippen LogP contribution in [0.3, 0.4) is 0 Å². The van der Waals surface area contributed by atoms with Crippen LogP contribution in [0.1, 0.15) is 31.1 Å². The minimum absolute atomic E-state index is 0.130. The fourth-order valence-corrected chi connectivity index (χ4v) is 8.63. The van der Waals surface area contributed by atoms with Crippen LogP contribution < -0.4 is 15.7 Å². The number of amides is 1. The molecule has 6 nitrogen and oxygen atoms in total. The molecule has 0 saturated carbocycles. The van der Waals surface area contributed by atoms with Crippen molar-refractivity contribution in [3.63, 3.8) is 0 Å². The van der Waals surface area contributed by atoms with Gasteiger partial charge in [0, 0.05) is 12.6 Å². The Morgan fingerprint density at radius 2 is 1.52 bits per heavy atom. The molecule has 0 aliphatic rings. The molecule has 33 heavy (non-hydrogen) atoms. The number of nitro benzene ring substituents is 1. The van der Waals surface area contributed by atoms with Crippen LogP contribution in [0.15, 0.2) is 78.9 Å². The summed E-state index contributed by atoms with van der Waals surface area (Å²) in [6.45, 7) is 6.78. The predicted molar refractivity (Wildman–Crippen MR) is 129 cm³/mol. The van der Waals surface area contributed by atoms with Crippen molar-refractivity contribution in [3.8, 4) is 0 Å². The summed E-state index contributed by atoms with van der Waals surface area (Å²) in [6, 6.07) is 23.7. The molecule has 0 spiro atoms. The van der Waals surface area contributed by atoms with E-state index in [4.69, 9.17) is 4.43 Å². The molecule has 3 aromatic rings. The van der Waals surface area contributed by atoms with Crippen molar-refractivity contribution in [1.82, 2.24) is 5.32 Å². The number of hydrogen-bond donors (Lipinski definition) is 1. The maximum absolute atomic E-state index is 14.3. The molecule has 3 rings (SSSR count). The number of rotatable bonds is 8. The van der Waals surface area contributed by atoms with Crippen LogP contribution in [0, 0.1) is 15.9 Å². The first-order chi connectivity index (χ1) is 15.7. The quantitative estimate of drug-likeness (QED) is 0.235. The first-order valence-corrected chi connectivity index (χ1v) is 12.6. The molecule has 0 aliphatic carbocycles. The Morgan fingerprint density at radius 3 is 2.00 bits per heavy atom. The van der Waals surface area contributed by atoms with Crippen LogP contribution in [-0.4, -0.2) is 32.3 Å². The molecule has 0 aromatic heterocycles. The standard InChI is InChI=1S/C25H27FN2O4Si/c1-25(2,3)33(19-11-6-4-7-12-19,20-13-8-5-9-14-20)32-18-17-27-24(29)21-15-10-16-22(23(21)26)28(30)31/h4-16H,17-18H2,1-3H3,(H,27,29). The predicted octanol–water partition coefficient (Wildman–Crippen LogP) is 4.04. The van der Waals surface area contributed by atoms with Gasteiger partial charge in [-0.15, -0.1) is 0 Å². The van der Waals surface area contributed by atoms with Crippen molar-refractivity contribution in [2.75, 3.05) is 13.2 Å². The molecular formula is C25H27FN2O4Si. The average molecular weight is 467 g/mol. The van der Waals surface area contributed by atoms with E-state index in [9.17, 15) is 19.3 Å². The molecule has 1 N–H and O–H groups in total. The SMILES string of the molecule is CC(C)(C)[Si](OCCNC(=O)c1cccc([N+](=O)[O-])c1F)(c1ccccc1)c1ccccc1. The van der Waals surface area contributed by atoms with E-state index in [2.05, 4.69) is 50.4 Å². The Morgan fingerprint density at radius 1 is 0.970 bits per heavy atom. The number of carbonyl (C=O) groups is 1. The van der Waals surface area contributed by atoms with Gasteiger partial charge in [0.15, 0.2) is 0 Å². The summed E-state index contributed by atoms with van der Waals surface area (Å²) in [4.78, 5) is 22.6. The Kier molecular flexibility index (Phi) is 7.40. The largest absolute Gasteiger partial charge is 0.406 e. The maximum Gasteiger partial charge on any atom is 0.305 e. The van der Waals surface area contributed by atoms with Gasteiger partial charge >= 0.3 is 5.69 Å². The normalized spacial score (nSPS) is 11.8. The highest BCUT2D eigenvalue weighted by Crippen LogP contribution is 2.36. The second-order valence-corrected chi connectivity index (χ2v) is 13.0. The Hall–Kier alpha value is -3.36. The number of nitrogens with one attached hydrogen (secondary N) is 1. The Balaban J connectivity index is 1.83. The topological polar surface area (TPSA) is 81.5 Å². The Labute approximate surface area is 193 Å². The first kappa shape index (κ1) is 24.3. The monoisotopic (exact) mass is 466 g/mol. The zero-order valence-electron chi connectivity index (χ0n) is 18.9. The van der Waals surface area contributed by atoms with Crippen LogP contribution >= 0.6 is 0 Å². The lowest BCUT2D eigenvalue weighted by molar-refractivity contribution is -0.387. The number of benzene rings is 3. The Bertz CT molecular complexity index is 1080. The zero-order valence-corrected chi connectivity index (χ0v) is 19.9. The van der Waals surface area contributed by atoms with Crippen molar-refractivity contribution in [2.24, 2.45) is 0 Å². The van der Waals surface area contributed by atoms with Crippen molar-refractivity contribution in [1.29, 1.82) is 0 Å². The van der Waals surface area contributed by atoms with Crippen LogP contribution in [0.2, 0.25) is 5.04 Å². The van der Waals surface area contributed by atoms with Crippen LogP contribution in [0.4, 0.5) is 10.1 Å². The molecule has 172 valence electrons. The molecule has 0 unspecified atom stereocenters. The molecule has 0 aliphatic heterocycles. The molecule has 0 bridgehead atoms. The lowest BCUT2D eigenvalue weighted by Crippen LogP contribution is -2.67. The van der Waals surface area contributed by atoms with E-state index in [0.717, 1.165) is 16.4 Å². The first-order valence-electron chi connectivity index (χ1n) is 10.6. The fraction of sp³-hybridized carbons (Fsp3) is 0.240. The number of carbonyl (C=O) groups excluding carboxylic acids is 1. The van der Waals surface area contributed by atoms with Crippen molar-refractivity contribution in [2.45, 2.75) is 25.8 Å². The third-order valence-electron chi connectivity index (χ3n) is 5.54. The van der Waals surface area contributed by atoms with Gasteiger partial charge in [-0.1, -0.05) is 87.5 Å². The van der Waals surface area contributed by atoms with Gasteiger partial charge in [-0.05, 0) is 21.5 Å². The summed E-state index contributed by atoms with van der Waals surface area (Å²) in [5.41, 5.74) is -1.10. The van der Waals surface area contributed by atoms with Gasteiger partial charge in [0.05, 0.1) is 17.1 Å². The molecular weight excluding hydrogens is 439 g/mol. The van der Waals surface area contributed by atoms with Gasteiger partial charge in [0.1, 0.15) is 0 Å². The smallest absolute Gasteiger partial charge is 0.305 e. The minimum atomic E-state index is -2.75. The molecule has 3 aromatic carbocycles. The third kappa shape index (κ3) is 5.02. The molecule has 1 amide bonds. The highest BCUT2D eigenvalue weighted by atomic mass is 28.4. The molecule has 0 radical (unpaired) electrons. The van der Waals surface area contributed by atoms with E-state index in [1.807, 2.05) is 36.4 Å². The van der Waals surface area contributed by atoms with Gasteiger partial charge < -0.3 is 9.74 Å². The number of nitrogens with zero attached hydrogens (tertiary/aromatic N) is 1. The van der Waals surface area contributed by atoms with E-state index in [1.165, 1.54) is 12.1 Å². The van der Waals surface area contributed by atoms with Crippen LogP contribution in [0.5, 0.6) is 0 Å². The van der Waals surface area contributed by atoms with E-state index < -0.39 is 30.7 Å². The fourth-order valence-electron chi connectivity index (χ4n) is 4.06. The number of nitro groups is 1. The summed E-state index contributed by atoms with van der Waals surface area (Å²) in [5, 5.41) is 15.6. The van der Waals surface area contributed by atoms with Crippen LogP contribution in [0.25, 0.3) is 0 Å². The summed E-state index contributed by atoms with van der Waals surface area (Å²) in [7, 11) is -2.75. The van der Waals surface area contributed by atoms with Crippen molar-refractivity contribution in [3.05, 3.63) is 100 Å². The summed E-state index contributed by atoms with van der Waals surface area (Å²) in [6.07, 6.45) is 0. The summed E-state index contributed by atoms with van der Waals surface area (Å²) >= 11 is 0. The lowest BCUT2D eigenvalue weighted by atomic mass is 10.1. The molecule has 0 heterocycles. The van der Waals surface area contributed by atoms with E-state index in [0.29, 0.717) is 0 Å². The zero-order chi connectivity index (χ0) is 24.1. The summed E-state index contributed by atoms with van der Waals surface area (Å²) in [5.74, 6) is -1.87. The second-order valence-electron chi connectivity index (χ2n) is 8.66. The highest BCUT2D eigenvalue weighted by Gasteiger charge is 2.50. The van der Waals surface area contributed by atoms with E-state index in [-0.39, 0.29) is 23.8 Å². The number of hydrogen-bond acceptors (Lipinski definition) is 4. The van der Waals surface area contributed by atoms with Crippen molar-refractivity contribution >= 4 is 30.3 Å². The van der Waals surface area contributed by atoms with Gasteiger partial charge in [0.2, 0.25) is 5.82 Å². The van der Waals surface area contributed by atoms with Gasteiger partial charge in [-0.2, -0.15) is 4.39 Å². The van der Waals surface area contributed by atoms with Crippen molar-refractivity contribution < 1.29 is 18.5 Å². The van der Waals surface area contributed by atoms with E-state index >= 15 is 0 Å². The minimum Gasteiger partial charge on any atom is -0.406 e. The molecule has 0 saturated heterocycles.